The number of carbonyl (C=O) groups is 1. The quantitative estimate of drug-likeness (QED) is 0.543. The second-order valence-electron chi connectivity index (χ2n) is 6.41. The Labute approximate surface area is 112 Å². The van der Waals surface area contributed by atoms with E-state index in [-0.39, 0.29) is 5.97 Å². The van der Waals surface area contributed by atoms with Gasteiger partial charge in [0.05, 0.1) is 7.11 Å². The second-order valence-corrected chi connectivity index (χ2v) is 11.8. The Bertz CT molecular complexity index is 284. The highest BCUT2D eigenvalue weighted by Crippen LogP contribution is 2.51. The third kappa shape index (κ3) is 2.50. The lowest BCUT2D eigenvalue weighted by atomic mass is 10.4. The van der Waals surface area contributed by atoms with Crippen LogP contribution in [0.1, 0.15) is 54.4 Å². The molecule has 0 aromatic rings. The predicted octanol–water partition coefficient (Wildman–Crippen LogP) is 3.88. The van der Waals surface area contributed by atoms with E-state index in [0.717, 1.165) is 12.8 Å². The Morgan fingerprint density at radius 1 is 1.00 bits per heavy atom. The molecule has 0 radical (unpaired) electrons. The van der Waals surface area contributed by atoms with Crippen molar-refractivity contribution in [2.75, 3.05) is 7.11 Å². The standard InChI is InChI=1S/C14H28O3Si/c1-10(2)18(11(3)4,12(5)6)17-14(8-9-14)13(15)16-7/h10-12H,8-9H2,1-7H3. The van der Waals surface area contributed by atoms with Gasteiger partial charge in [0.25, 0.3) is 0 Å². The molecule has 0 aliphatic heterocycles. The van der Waals surface area contributed by atoms with Crippen LogP contribution in [-0.4, -0.2) is 27.0 Å². The lowest BCUT2D eigenvalue weighted by molar-refractivity contribution is -0.151. The van der Waals surface area contributed by atoms with Crippen molar-refractivity contribution in [2.24, 2.45) is 0 Å². The molecule has 18 heavy (non-hydrogen) atoms. The maximum Gasteiger partial charge on any atom is 0.336 e. The number of esters is 1. The molecule has 0 aromatic carbocycles. The summed E-state index contributed by atoms with van der Waals surface area (Å²) in [6.45, 7) is 13.4. The summed E-state index contributed by atoms with van der Waals surface area (Å²) in [7, 11) is -0.527. The van der Waals surface area contributed by atoms with E-state index in [1.54, 1.807) is 0 Å². The maximum atomic E-state index is 11.9. The van der Waals surface area contributed by atoms with E-state index >= 15 is 0 Å². The van der Waals surface area contributed by atoms with Crippen LogP contribution >= 0.6 is 0 Å². The van der Waals surface area contributed by atoms with Gasteiger partial charge >= 0.3 is 5.97 Å². The number of hydrogen-bond donors (Lipinski definition) is 0. The zero-order valence-corrected chi connectivity index (χ0v) is 13.9. The second kappa shape index (κ2) is 5.33. The number of carbonyl (C=O) groups excluding carboxylic acids is 1. The van der Waals surface area contributed by atoms with Gasteiger partial charge in [-0.1, -0.05) is 41.5 Å². The van der Waals surface area contributed by atoms with Crippen LogP contribution in [0, 0.1) is 0 Å². The van der Waals surface area contributed by atoms with Gasteiger partial charge in [-0.05, 0) is 29.5 Å². The van der Waals surface area contributed by atoms with Crippen molar-refractivity contribution in [1.29, 1.82) is 0 Å². The van der Waals surface area contributed by atoms with Gasteiger partial charge in [-0.25, -0.2) is 4.79 Å². The number of rotatable bonds is 6. The van der Waals surface area contributed by atoms with Crippen LogP contribution in [0.4, 0.5) is 0 Å². The lowest BCUT2D eigenvalue weighted by Gasteiger charge is -2.44. The van der Waals surface area contributed by atoms with Gasteiger partial charge in [0.2, 0.25) is 8.32 Å². The van der Waals surface area contributed by atoms with Crippen LogP contribution < -0.4 is 0 Å². The summed E-state index contributed by atoms with van der Waals surface area (Å²) < 4.78 is 11.5. The summed E-state index contributed by atoms with van der Waals surface area (Å²) >= 11 is 0. The number of hydrogen-bond acceptors (Lipinski definition) is 3. The van der Waals surface area contributed by atoms with Crippen molar-refractivity contribution < 1.29 is 14.0 Å². The molecule has 1 aliphatic rings. The largest absolute Gasteiger partial charge is 0.467 e. The first-order valence-corrected chi connectivity index (χ1v) is 9.15. The summed E-state index contributed by atoms with van der Waals surface area (Å²) in [5.41, 5.74) is 0.888. The Morgan fingerprint density at radius 2 is 1.39 bits per heavy atom. The highest BCUT2D eigenvalue weighted by molar-refractivity contribution is 6.77. The van der Waals surface area contributed by atoms with E-state index in [4.69, 9.17) is 9.16 Å². The Hall–Kier alpha value is -0.353. The summed E-state index contributed by atoms with van der Waals surface area (Å²) in [5, 5.41) is 0. The number of methoxy groups -OCH3 is 1. The third-order valence-corrected chi connectivity index (χ3v) is 10.5. The normalized spacial score (nSPS) is 18.6. The first-order valence-electron chi connectivity index (χ1n) is 7.01. The smallest absolute Gasteiger partial charge is 0.336 e. The fourth-order valence-electron chi connectivity index (χ4n) is 3.34. The van der Waals surface area contributed by atoms with Gasteiger partial charge in [-0.2, -0.15) is 0 Å². The van der Waals surface area contributed by atoms with Gasteiger partial charge in [0, 0.05) is 0 Å². The van der Waals surface area contributed by atoms with Crippen molar-refractivity contribution in [3.05, 3.63) is 0 Å². The molecule has 0 aromatic heterocycles. The average molecular weight is 272 g/mol. The van der Waals surface area contributed by atoms with Crippen LogP contribution in [0.5, 0.6) is 0 Å². The maximum absolute atomic E-state index is 11.9. The van der Waals surface area contributed by atoms with Crippen molar-refractivity contribution >= 4 is 14.3 Å². The molecule has 4 heteroatoms. The van der Waals surface area contributed by atoms with E-state index in [2.05, 4.69) is 41.5 Å². The van der Waals surface area contributed by atoms with Crippen LogP contribution in [0.3, 0.4) is 0 Å². The molecule has 0 heterocycles. The summed E-state index contributed by atoms with van der Waals surface area (Å²) in [6, 6.07) is 0. The molecule has 1 rings (SSSR count). The van der Waals surface area contributed by atoms with E-state index in [1.165, 1.54) is 7.11 Å². The monoisotopic (exact) mass is 272 g/mol. The van der Waals surface area contributed by atoms with Gasteiger partial charge in [-0.3, -0.25) is 0 Å². The van der Waals surface area contributed by atoms with Gasteiger partial charge in [0.15, 0.2) is 5.60 Å². The lowest BCUT2D eigenvalue weighted by Crippen LogP contribution is -2.52. The molecule has 0 amide bonds. The van der Waals surface area contributed by atoms with Crippen molar-refractivity contribution in [3.63, 3.8) is 0 Å². The van der Waals surface area contributed by atoms with Crippen molar-refractivity contribution in [2.45, 2.75) is 76.6 Å². The Balaban J connectivity index is 3.03. The van der Waals surface area contributed by atoms with E-state index in [9.17, 15) is 4.79 Å². The minimum absolute atomic E-state index is 0.179. The minimum atomic E-state index is -1.98. The summed E-state index contributed by atoms with van der Waals surface area (Å²) in [4.78, 5) is 11.9. The fraction of sp³-hybridized carbons (Fsp3) is 0.929. The van der Waals surface area contributed by atoms with Crippen molar-refractivity contribution in [3.8, 4) is 0 Å². The molecule has 1 fully saturated rings. The van der Waals surface area contributed by atoms with E-state index < -0.39 is 13.9 Å². The average Bonchev–Trinajstić information content (AvgIpc) is 3.04. The molecular formula is C14H28O3Si. The summed E-state index contributed by atoms with van der Waals surface area (Å²) in [6.07, 6.45) is 1.64. The molecular weight excluding hydrogens is 244 g/mol. The topological polar surface area (TPSA) is 35.5 Å². The van der Waals surface area contributed by atoms with Gasteiger partial charge in [-0.15, -0.1) is 0 Å². The third-order valence-electron chi connectivity index (χ3n) is 4.34. The van der Waals surface area contributed by atoms with Gasteiger partial charge in [0.1, 0.15) is 0 Å². The van der Waals surface area contributed by atoms with Gasteiger partial charge < -0.3 is 9.16 Å². The number of ether oxygens (including phenoxy) is 1. The first-order chi connectivity index (χ1) is 8.23. The molecule has 106 valence electrons. The zero-order chi connectivity index (χ0) is 14.1. The van der Waals surface area contributed by atoms with Crippen molar-refractivity contribution in [1.82, 2.24) is 0 Å². The van der Waals surface area contributed by atoms with Crippen LogP contribution in [0.2, 0.25) is 16.6 Å². The Kier molecular flexibility index (Phi) is 4.65. The van der Waals surface area contributed by atoms with Crippen LogP contribution in [-0.2, 0) is 14.0 Å². The molecule has 0 atom stereocenters. The molecule has 3 nitrogen and oxygen atoms in total. The highest BCUT2D eigenvalue weighted by atomic mass is 28.4. The molecule has 0 N–H and O–H groups in total. The minimum Gasteiger partial charge on any atom is -0.467 e. The molecule has 0 unspecified atom stereocenters. The summed E-state index contributed by atoms with van der Waals surface area (Å²) in [5.74, 6) is -0.179. The van der Waals surface area contributed by atoms with E-state index in [1.807, 2.05) is 0 Å². The molecule has 1 aliphatic carbocycles. The Morgan fingerprint density at radius 3 is 1.61 bits per heavy atom. The fourth-order valence-corrected chi connectivity index (χ4v) is 9.01. The first kappa shape index (κ1) is 15.7. The SMILES string of the molecule is COC(=O)C1(O[Si](C(C)C)(C(C)C)C(C)C)CC1. The molecule has 1 saturated carbocycles. The highest BCUT2D eigenvalue weighted by Gasteiger charge is 2.60. The predicted molar refractivity (Wildman–Crippen MR) is 76.1 cm³/mol. The molecule has 0 bridgehead atoms. The van der Waals surface area contributed by atoms with Crippen LogP contribution in [0.15, 0.2) is 0 Å². The molecule has 0 spiro atoms. The molecule has 0 saturated heterocycles. The van der Waals surface area contributed by atoms with E-state index in [0.29, 0.717) is 16.6 Å². The zero-order valence-electron chi connectivity index (χ0n) is 12.9. The van der Waals surface area contributed by atoms with Crippen LogP contribution in [0.25, 0.3) is 0 Å².